The number of sulfonamides is 1. The van der Waals surface area contributed by atoms with E-state index in [0.29, 0.717) is 24.5 Å². The van der Waals surface area contributed by atoms with Crippen LogP contribution in [0.4, 0.5) is 5.69 Å². The third-order valence-corrected chi connectivity index (χ3v) is 6.11. The fourth-order valence-electron chi connectivity index (χ4n) is 3.14. The quantitative estimate of drug-likeness (QED) is 0.767. The summed E-state index contributed by atoms with van der Waals surface area (Å²) >= 11 is 0. The third kappa shape index (κ3) is 4.45. The first-order valence-electron chi connectivity index (χ1n) is 9.05. The smallest absolute Gasteiger partial charge is 0.240 e. The molecule has 8 heteroatoms. The number of nitrogens with one attached hydrogen (secondary N) is 1. The molecule has 1 aliphatic rings. The van der Waals surface area contributed by atoms with Gasteiger partial charge in [-0.15, -0.1) is 0 Å². The van der Waals surface area contributed by atoms with Crippen LogP contribution in [0.3, 0.4) is 0 Å². The van der Waals surface area contributed by atoms with Crippen LogP contribution in [0.5, 0.6) is 11.5 Å². The Labute approximate surface area is 165 Å². The summed E-state index contributed by atoms with van der Waals surface area (Å²) in [7, 11) is -0.609. The second kappa shape index (κ2) is 8.62. The Morgan fingerprint density at radius 3 is 2.36 bits per heavy atom. The van der Waals surface area contributed by atoms with Crippen LogP contribution in [-0.4, -0.2) is 35.1 Å². The van der Waals surface area contributed by atoms with Gasteiger partial charge in [0.1, 0.15) is 0 Å². The molecule has 1 amide bonds. The predicted molar refractivity (Wildman–Crippen MR) is 106 cm³/mol. The minimum atomic E-state index is -3.68. The Morgan fingerprint density at radius 1 is 1.00 bits per heavy atom. The van der Waals surface area contributed by atoms with Gasteiger partial charge in [0.05, 0.1) is 19.1 Å². The van der Waals surface area contributed by atoms with Crippen LogP contribution in [0, 0.1) is 0 Å². The van der Waals surface area contributed by atoms with Crippen LogP contribution in [0.1, 0.15) is 24.8 Å². The molecular formula is C20H24N2O5S. The van der Waals surface area contributed by atoms with Crippen molar-refractivity contribution in [1.29, 1.82) is 0 Å². The maximum atomic E-state index is 12.6. The van der Waals surface area contributed by atoms with E-state index in [1.807, 2.05) is 0 Å². The van der Waals surface area contributed by atoms with E-state index in [-0.39, 0.29) is 17.3 Å². The fraction of sp³-hybridized carbons (Fsp3) is 0.350. The topological polar surface area (TPSA) is 84.9 Å². The molecule has 0 bridgehead atoms. The first-order chi connectivity index (χ1) is 13.4. The highest BCUT2D eigenvalue weighted by Gasteiger charge is 2.21. The summed E-state index contributed by atoms with van der Waals surface area (Å²) in [4.78, 5) is 13.9. The maximum absolute atomic E-state index is 12.6. The third-order valence-electron chi connectivity index (χ3n) is 4.70. The number of carbonyl (C=O) groups is 1. The molecule has 2 aromatic rings. The van der Waals surface area contributed by atoms with E-state index in [1.54, 1.807) is 42.3 Å². The summed E-state index contributed by atoms with van der Waals surface area (Å²) in [5, 5.41) is 0. The number of hydrogen-bond donors (Lipinski definition) is 1. The lowest BCUT2D eigenvalue weighted by atomic mass is 10.1. The largest absolute Gasteiger partial charge is 0.493 e. The highest BCUT2D eigenvalue weighted by Crippen LogP contribution is 2.28. The number of amides is 1. The standard InChI is InChI=1S/C20H24N2O5S/c1-26-18-11-6-15(13-19(18)27-2)14-21-28(24,25)17-9-7-16(8-10-17)22-12-4-3-5-20(22)23/h6-11,13,21H,3-5,12,14H2,1-2H3. The molecule has 0 atom stereocenters. The highest BCUT2D eigenvalue weighted by atomic mass is 32.2. The first kappa shape index (κ1) is 20.2. The molecule has 0 spiro atoms. The molecule has 7 nitrogen and oxygen atoms in total. The molecule has 1 saturated heterocycles. The molecule has 150 valence electrons. The van der Waals surface area contributed by atoms with Crippen molar-refractivity contribution in [1.82, 2.24) is 4.72 Å². The Hall–Kier alpha value is -2.58. The van der Waals surface area contributed by atoms with Crippen LogP contribution in [-0.2, 0) is 21.4 Å². The zero-order valence-electron chi connectivity index (χ0n) is 16.0. The number of methoxy groups -OCH3 is 2. The lowest BCUT2D eigenvalue weighted by Crippen LogP contribution is -2.35. The van der Waals surface area contributed by atoms with Crippen LogP contribution >= 0.6 is 0 Å². The minimum absolute atomic E-state index is 0.0773. The molecule has 2 aromatic carbocycles. The van der Waals surface area contributed by atoms with Crippen LogP contribution < -0.4 is 19.1 Å². The first-order valence-corrected chi connectivity index (χ1v) is 10.5. The van der Waals surface area contributed by atoms with Gasteiger partial charge >= 0.3 is 0 Å². The molecule has 0 aliphatic carbocycles. The van der Waals surface area contributed by atoms with Crippen molar-refractivity contribution in [2.24, 2.45) is 0 Å². The van der Waals surface area contributed by atoms with Gasteiger partial charge < -0.3 is 14.4 Å². The van der Waals surface area contributed by atoms with Gasteiger partial charge in [-0.25, -0.2) is 13.1 Å². The summed E-state index contributed by atoms with van der Waals surface area (Å²) in [6.45, 7) is 0.789. The van der Waals surface area contributed by atoms with E-state index in [2.05, 4.69) is 4.72 Å². The number of piperidine rings is 1. The van der Waals surface area contributed by atoms with Crippen molar-refractivity contribution in [2.45, 2.75) is 30.7 Å². The molecule has 1 N–H and O–H groups in total. The molecule has 0 radical (unpaired) electrons. The van der Waals surface area contributed by atoms with E-state index in [4.69, 9.17) is 9.47 Å². The summed E-state index contributed by atoms with van der Waals surface area (Å²) < 4.78 is 38.2. The number of hydrogen-bond acceptors (Lipinski definition) is 5. The maximum Gasteiger partial charge on any atom is 0.240 e. The number of rotatable bonds is 7. The average molecular weight is 404 g/mol. The van der Waals surface area contributed by atoms with E-state index < -0.39 is 10.0 Å². The monoisotopic (exact) mass is 404 g/mol. The normalized spacial score (nSPS) is 14.8. The number of carbonyl (C=O) groups excluding carboxylic acids is 1. The Kier molecular flexibility index (Phi) is 6.21. The lowest BCUT2D eigenvalue weighted by Gasteiger charge is -2.26. The van der Waals surface area contributed by atoms with Crippen LogP contribution in [0.2, 0.25) is 0 Å². The Morgan fingerprint density at radius 2 is 1.71 bits per heavy atom. The van der Waals surface area contributed by atoms with E-state index in [9.17, 15) is 13.2 Å². The van der Waals surface area contributed by atoms with E-state index in [1.165, 1.54) is 19.2 Å². The van der Waals surface area contributed by atoms with Crippen molar-refractivity contribution in [2.75, 3.05) is 25.7 Å². The molecule has 0 saturated carbocycles. The van der Waals surface area contributed by atoms with Gasteiger partial charge in [0.15, 0.2) is 11.5 Å². The highest BCUT2D eigenvalue weighted by molar-refractivity contribution is 7.89. The van der Waals surface area contributed by atoms with E-state index in [0.717, 1.165) is 24.1 Å². The summed E-state index contributed by atoms with van der Waals surface area (Å²) in [5.41, 5.74) is 1.47. The Balaban J connectivity index is 1.70. The summed E-state index contributed by atoms with van der Waals surface area (Å²) in [6, 6.07) is 11.6. The molecular weight excluding hydrogens is 380 g/mol. The van der Waals surface area contributed by atoms with Crippen molar-refractivity contribution < 1.29 is 22.7 Å². The summed E-state index contributed by atoms with van der Waals surface area (Å²) in [6.07, 6.45) is 2.40. The lowest BCUT2D eigenvalue weighted by molar-refractivity contribution is -0.119. The predicted octanol–water partition coefficient (Wildman–Crippen LogP) is 2.70. The SMILES string of the molecule is COc1ccc(CNS(=O)(=O)c2ccc(N3CCCCC3=O)cc2)cc1OC. The minimum Gasteiger partial charge on any atom is -0.493 e. The number of benzene rings is 2. The molecule has 28 heavy (non-hydrogen) atoms. The molecule has 3 rings (SSSR count). The molecule has 0 unspecified atom stereocenters. The number of nitrogens with zero attached hydrogens (tertiary/aromatic N) is 1. The molecule has 1 fully saturated rings. The van der Waals surface area contributed by atoms with Crippen LogP contribution in [0.15, 0.2) is 47.4 Å². The molecule has 0 aromatic heterocycles. The number of ether oxygens (including phenoxy) is 2. The summed E-state index contributed by atoms with van der Waals surface area (Å²) in [5.74, 6) is 1.19. The zero-order valence-corrected chi connectivity index (χ0v) is 16.8. The van der Waals surface area contributed by atoms with Crippen molar-refractivity contribution in [3.05, 3.63) is 48.0 Å². The van der Waals surface area contributed by atoms with Gasteiger partial charge in [-0.3, -0.25) is 4.79 Å². The van der Waals surface area contributed by atoms with Crippen molar-refractivity contribution >= 4 is 21.6 Å². The fourth-order valence-corrected chi connectivity index (χ4v) is 4.15. The molecule has 1 aliphatic heterocycles. The number of anilines is 1. The van der Waals surface area contributed by atoms with Crippen molar-refractivity contribution in [3.8, 4) is 11.5 Å². The molecule has 1 heterocycles. The van der Waals surface area contributed by atoms with Gasteiger partial charge in [-0.2, -0.15) is 0 Å². The van der Waals surface area contributed by atoms with Crippen LogP contribution in [0.25, 0.3) is 0 Å². The van der Waals surface area contributed by atoms with Gasteiger partial charge in [-0.1, -0.05) is 6.07 Å². The van der Waals surface area contributed by atoms with Gasteiger partial charge in [0, 0.05) is 25.2 Å². The zero-order chi connectivity index (χ0) is 20.1. The van der Waals surface area contributed by atoms with Crippen molar-refractivity contribution in [3.63, 3.8) is 0 Å². The second-order valence-corrected chi connectivity index (χ2v) is 8.28. The van der Waals surface area contributed by atoms with Gasteiger partial charge in [-0.05, 0) is 54.8 Å². The second-order valence-electron chi connectivity index (χ2n) is 6.51. The van der Waals surface area contributed by atoms with Gasteiger partial charge in [0.25, 0.3) is 0 Å². The van der Waals surface area contributed by atoms with E-state index >= 15 is 0 Å². The Bertz CT molecular complexity index is 942. The van der Waals surface area contributed by atoms with Gasteiger partial charge in [0.2, 0.25) is 15.9 Å². The average Bonchev–Trinajstić information content (AvgIpc) is 2.72.